The van der Waals surface area contributed by atoms with E-state index in [-0.39, 0.29) is 5.92 Å². The summed E-state index contributed by atoms with van der Waals surface area (Å²) in [5, 5.41) is 9.68. The fraction of sp³-hybridized carbons (Fsp3) is 0.632. The van der Waals surface area contributed by atoms with Gasteiger partial charge in [0.1, 0.15) is 11.5 Å². The quantitative estimate of drug-likeness (QED) is 0.891. The van der Waals surface area contributed by atoms with Gasteiger partial charge in [-0.1, -0.05) is 32.8 Å². The van der Waals surface area contributed by atoms with E-state index >= 15 is 0 Å². The number of benzene rings is 1. The lowest BCUT2D eigenvalue weighted by atomic mass is 9.59. The fourth-order valence-corrected chi connectivity index (χ4v) is 4.61. The molecule has 1 N–H and O–H groups in total. The molecule has 0 saturated heterocycles. The summed E-state index contributed by atoms with van der Waals surface area (Å²) >= 11 is 0. The van der Waals surface area contributed by atoms with Crippen LogP contribution >= 0.6 is 0 Å². The second-order valence-electron chi connectivity index (χ2n) is 6.96. The Hall–Kier alpha value is -1.31. The van der Waals surface area contributed by atoms with Crippen molar-refractivity contribution < 1.29 is 9.90 Å². The van der Waals surface area contributed by atoms with Crippen LogP contribution < -0.4 is 0 Å². The van der Waals surface area contributed by atoms with Crippen molar-refractivity contribution in [2.75, 3.05) is 0 Å². The lowest BCUT2D eigenvalue weighted by Gasteiger charge is -2.45. The highest BCUT2D eigenvalue weighted by atomic mass is 16.3. The lowest BCUT2D eigenvalue weighted by molar-refractivity contribution is -0.129. The number of carbonyl (C=O) groups excluding carboxylic acids is 1. The maximum atomic E-state index is 12.4. The molecule has 0 amide bonds. The van der Waals surface area contributed by atoms with Crippen molar-refractivity contribution in [3.63, 3.8) is 0 Å². The van der Waals surface area contributed by atoms with Crippen LogP contribution in [0.15, 0.2) is 18.2 Å². The Balaban J connectivity index is 1.92. The van der Waals surface area contributed by atoms with Gasteiger partial charge in [0.05, 0.1) is 0 Å². The number of ketones is 1. The first-order valence-electron chi connectivity index (χ1n) is 8.46. The molecule has 2 aliphatic carbocycles. The average Bonchev–Trinajstić information content (AvgIpc) is 2.47. The predicted octanol–water partition coefficient (Wildman–Crippen LogP) is 4.45. The van der Waals surface area contributed by atoms with E-state index in [1.165, 1.54) is 36.8 Å². The Morgan fingerprint density at radius 2 is 2.14 bits per heavy atom. The monoisotopic (exact) mass is 286 g/mol. The number of aromatic hydroxyl groups is 1. The van der Waals surface area contributed by atoms with Gasteiger partial charge in [0, 0.05) is 12.3 Å². The van der Waals surface area contributed by atoms with Crippen molar-refractivity contribution in [1.29, 1.82) is 0 Å². The summed E-state index contributed by atoms with van der Waals surface area (Å²) in [6.07, 6.45) is 6.55. The highest BCUT2D eigenvalue weighted by Crippen LogP contribution is 2.50. The van der Waals surface area contributed by atoms with Crippen molar-refractivity contribution in [3.05, 3.63) is 29.3 Å². The Labute approximate surface area is 127 Å². The van der Waals surface area contributed by atoms with Crippen LogP contribution in [0.1, 0.15) is 63.0 Å². The average molecular weight is 286 g/mol. The van der Waals surface area contributed by atoms with Gasteiger partial charge in [-0.05, 0) is 60.3 Å². The fourth-order valence-electron chi connectivity index (χ4n) is 4.61. The molecule has 4 atom stereocenters. The molecule has 2 aliphatic rings. The van der Waals surface area contributed by atoms with E-state index in [9.17, 15) is 9.90 Å². The summed E-state index contributed by atoms with van der Waals surface area (Å²) in [6.45, 7) is 4.37. The number of carbonyl (C=O) groups is 1. The number of Topliss-reactive ketones (excluding diaryl/α,β-unsaturated/α-hetero) is 1. The molecule has 0 aliphatic heterocycles. The molecule has 1 aromatic carbocycles. The van der Waals surface area contributed by atoms with E-state index in [1.54, 1.807) is 6.07 Å². The first kappa shape index (κ1) is 14.6. The zero-order valence-corrected chi connectivity index (χ0v) is 13.1. The predicted molar refractivity (Wildman–Crippen MR) is 84.5 cm³/mol. The summed E-state index contributed by atoms with van der Waals surface area (Å²) in [6, 6.07) is 5.74. The van der Waals surface area contributed by atoms with Crippen LogP contribution in [0.3, 0.4) is 0 Å². The van der Waals surface area contributed by atoms with Crippen LogP contribution in [0.2, 0.25) is 0 Å². The molecule has 1 unspecified atom stereocenters. The number of phenols is 1. The Bertz CT molecular complexity index is 534. The third kappa shape index (κ3) is 2.61. The molecular weight excluding hydrogens is 260 g/mol. The number of hydrogen-bond acceptors (Lipinski definition) is 2. The smallest absolute Gasteiger partial charge is 0.136 e. The number of aryl methyl sites for hydroxylation is 1. The Morgan fingerprint density at radius 1 is 1.33 bits per heavy atom. The molecule has 21 heavy (non-hydrogen) atoms. The first-order valence-corrected chi connectivity index (χ1v) is 8.46. The van der Waals surface area contributed by atoms with E-state index < -0.39 is 0 Å². The SMILES string of the molecule is CCCC[C@H]1C(C)C(=O)C[C@@H]2c3ccc(O)cc3CC[C@H]21. The van der Waals surface area contributed by atoms with Crippen molar-refractivity contribution in [3.8, 4) is 5.75 Å². The molecule has 0 heterocycles. The van der Waals surface area contributed by atoms with Crippen LogP contribution in [-0.2, 0) is 11.2 Å². The van der Waals surface area contributed by atoms with E-state index in [1.807, 2.05) is 6.07 Å². The number of unbranched alkanes of at least 4 members (excludes halogenated alkanes) is 1. The van der Waals surface area contributed by atoms with Gasteiger partial charge in [0.2, 0.25) is 0 Å². The largest absolute Gasteiger partial charge is 0.508 e. The minimum absolute atomic E-state index is 0.233. The Morgan fingerprint density at radius 3 is 2.90 bits per heavy atom. The third-order valence-electron chi connectivity index (χ3n) is 5.80. The minimum Gasteiger partial charge on any atom is -0.508 e. The third-order valence-corrected chi connectivity index (χ3v) is 5.80. The number of phenolic OH excluding ortho intramolecular Hbond substituents is 1. The lowest BCUT2D eigenvalue weighted by Crippen LogP contribution is -2.40. The molecule has 2 nitrogen and oxygen atoms in total. The van der Waals surface area contributed by atoms with Gasteiger partial charge in [0.15, 0.2) is 0 Å². The second kappa shape index (κ2) is 5.82. The van der Waals surface area contributed by atoms with E-state index in [0.717, 1.165) is 6.42 Å². The van der Waals surface area contributed by atoms with Crippen LogP contribution in [-0.4, -0.2) is 10.9 Å². The number of rotatable bonds is 3. The maximum Gasteiger partial charge on any atom is 0.136 e. The van der Waals surface area contributed by atoms with Crippen molar-refractivity contribution >= 4 is 5.78 Å². The summed E-state index contributed by atoms with van der Waals surface area (Å²) < 4.78 is 0. The van der Waals surface area contributed by atoms with Gasteiger partial charge in [-0.2, -0.15) is 0 Å². The highest BCUT2D eigenvalue weighted by molar-refractivity contribution is 5.83. The van der Waals surface area contributed by atoms with Gasteiger partial charge < -0.3 is 5.11 Å². The van der Waals surface area contributed by atoms with Gasteiger partial charge in [-0.25, -0.2) is 0 Å². The minimum atomic E-state index is 0.233. The van der Waals surface area contributed by atoms with Crippen LogP contribution in [0.5, 0.6) is 5.75 Å². The molecule has 0 aromatic heterocycles. The van der Waals surface area contributed by atoms with E-state index in [4.69, 9.17) is 0 Å². The van der Waals surface area contributed by atoms with Crippen molar-refractivity contribution in [1.82, 2.24) is 0 Å². The molecule has 3 rings (SSSR count). The summed E-state index contributed by atoms with van der Waals surface area (Å²) in [5.74, 6) is 2.62. The second-order valence-corrected chi connectivity index (χ2v) is 6.96. The molecule has 0 bridgehead atoms. The normalized spacial score (nSPS) is 31.6. The topological polar surface area (TPSA) is 37.3 Å². The summed E-state index contributed by atoms with van der Waals surface area (Å²) in [5.41, 5.74) is 2.58. The van der Waals surface area contributed by atoms with E-state index in [0.29, 0.717) is 35.7 Å². The van der Waals surface area contributed by atoms with Gasteiger partial charge in [-0.3, -0.25) is 4.79 Å². The molecule has 0 spiro atoms. The molecule has 114 valence electrons. The Kier molecular flexibility index (Phi) is 4.05. The standard InChI is InChI=1S/C19H26O2/c1-3-4-5-15-12(2)19(21)11-18-16-9-7-14(20)10-13(16)6-8-17(15)18/h7,9-10,12,15,17-18,20H,3-6,8,11H2,1-2H3/t12?,15-,17-,18+/m0/s1. The maximum absolute atomic E-state index is 12.4. The van der Waals surface area contributed by atoms with E-state index in [2.05, 4.69) is 19.9 Å². The van der Waals surface area contributed by atoms with Crippen LogP contribution in [0.25, 0.3) is 0 Å². The molecule has 2 heteroatoms. The molecule has 1 saturated carbocycles. The van der Waals surface area contributed by atoms with Gasteiger partial charge >= 0.3 is 0 Å². The summed E-state index contributed by atoms with van der Waals surface area (Å²) in [7, 11) is 0. The van der Waals surface area contributed by atoms with Crippen molar-refractivity contribution in [2.45, 2.75) is 58.3 Å². The molecular formula is C19H26O2. The van der Waals surface area contributed by atoms with Gasteiger partial charge in [0.25, 0.3) is 0 Å². The number of fused-ring (bicyclic) bond motifs is 3. The molecule has 1 fully saturated rings. The van der Waals surface area contributed by atoms with Gasteiger partial charge in [-0.15, -0.1) is 0 Å². The molecule has 1 aromatic rings. The highest BCUT2D eigenvalue weighted by Gasteiger charge is 2.44. The van der Waals surface area contributed by atoms with Crippen LogP contribution in [0.4, 0.5) is 0 Å². The van der Waals surface area contributed by atoms with Crippen molar-refractivity contribution in [2.24, 2.45) is 17.8 Å². The zero-order chi connectivity index (χ0) is 15.0. The zero-order valence-electron chi connectivity index (χ0n) is 13.1. The summed E-state index contributed by atoms with van der Waals surface area (Å²) in [4.78, 5) is 12.4. The number of hydrogen-bond donors (Lipinski definition) is 1. The van der Waals surface area contributed by atoms with Crippen LogP contribution in [0, 0.1) is 17.8 Å². The first-order chi connectivity index (χ1) is 10.1. The molecule has 0 radical (unpaired) electrons.